The number of carbonyl (C=O) groups is 1. The van der Waals surface area contributed by atoms with E-state index >= 15 is 0 Å². The molecule has 2 amide bonds. The lowest BCUT2D eigenvalue weighted by atomic mass is 10.2. The third kappa shape index (κ3) is 5.25. The van der Waals surface area contributed by atoms with Gasteiger partial charge in [-0.1, -0.05) is 13.0 Å². The lowest BCUT2D eigenvalue weighted by molar-refractivity contribution is 0.237. The quantitative estimate of drug-likeness (QED) is 0.858. The maximum atomic E-state index is 11.8. The lowest BCUT2D eigenvalue weighted by Gasteiger charge is -2.14. The Balaban J connectivity index is 2.00. The Hall–Kier alpha value is -2.63. The van der Waals surface area contributed by atoms with Crippen LogP contribution in [0, 0.1) is 6.92 Å². The van der Waals surface area contributed by atoms with E-state index < -0.39 is 0 Å². The van der Waals surface area contributed by atoms with Gasteiger partial charge in [0.05, 0.1) is 6.20 Å². The molecule has 2 N–H and O–H groups in total. The molecule has 1 unspecified atom stereocenters. The smallest absolute Gasteiger partial charge is 0.315 e. The fourth-order valence-electron chi connectivity index (χ4n) is 1.83. The number of nitrogens with one attached hydrogen (secondary N) is 2. The molecule has 0 aliphatic carbocycles. The van der Waals surface area contributed by atoms with Gasteiger partial charge >= 0.3 is 6.03 Å². The minimum Gasteiger partial charge on any atom is -0.437 e. The van der Waals surface area contributed by atoms with Crippen molar-refractivity contribution in [2.24, 2.45) is 0 Å². The zero-order valence-electron chi connectivity index (χ0n) is 13.7. The summed E-state index contributed by atoms with van der Waals surface area (Å²) in [6.45, 7) is 6.23. The molecule has 6 nitrogen and oxygen atoms in total. The standard InChI is InChI=1S/C17H22N4O2/c1-4-12(2)21-17(22)20-10-14-6-5-9-18-16(14)23-15-8-7-13(3)19-11-15/h5-9,11-12H,4,10H2,1-3H3,(H2,20,21,22). The monoisotopic (exact) mass is 314 g/mol. The Morgan fingerprint density at radius 1 is 1.30 bits per heavy atom. The number of nitrogens with zero attached hydrogens (tertiary/aromatic N) is 2. The van der Waals surface area contributed by atoms with Gasteiger partial charge in [-0.25, -0.2) is 9.78 Å². The van der Waals surface area contributed by atoms with Crippen molar-refractivity contribution in [3.8, 4) is 11.6 Å². The predicted molar refractivity (Wildman–Crippen MR) is 88.4 cm³/mol. The van der Waals surface area contributed by atoms with Crippen molar-refractivity contribution < 1.29 is 9.53 Å². The number of ether oxygens (including phenoxy) is 1. The maximum absolute atomic E-state index is 11.8. The summed E-state index contributed by atoms with van der Waals surface area (Å²) in [6, 6.07) is 7.32. The molecule has 0 fully saturated rings. The fourth-order valence-corrected chi connectivity index (χ4v) is 1.83. The van der Waals surface area contributed by atoms with Crippen LogP contribution in [0.5, 0.6) is 11.6 Å². The van der Waals surface area contributed by atoms with Crippen LogP contribution < -0.4 is 15.4 Å². The van der Waals surface area contributed by atoms with E-state index in [1.807, 2.05) is 45.0 Å². The molecule has 23 heavy (non-hydrogen) atoms. The SMILES string of the molecule is CCC(C)NC(=O)NCc1cccnc1Oc1ccc(C)nc1. The van der Waals surface area contributed by atoms with Crippen LogP contribution in [0.4, 0.5) is 4.79 Å². The molecule has 1 atom stereocenters. The van der Waals surface area contributed by atoms with Gasteiger partial charge in [0.15, 0.2) is 0 Å². The van der Waals surface area contributed by atoms with Crippen LogP contribution in [0.3, 0.4) is 0 Å². The molecule has 0 aromatic carbocycles. The highest BCUT2D eigenvalue weighted by atomic mass is 16.5. The van der Waals surface area contributed by atoms with Gasteiger partial charge in [-0.05, 0) is 38.5 Å². The van der Waals surface area contributed by atoms with Crippen LogP contribution in [0.1, 0.15) is 31.5 Å². The van der Waals surface area contributed by atoms with E-state index in [4.69, 9.17) is 4.74 Å². The van der Waals surface area contributed by atoms with Gasteiger partial charge in [0, 0.05) is 30.0 Å². The Bertz CT molecular complexity index is 643. The van der Waals surface area contributed by atoms with Gasteiger partial charge in [0.25, 0.3) is 0 Å². The summed E-state index contributed by atoms with van der Waals surface area (Å²) in [4.78, 5) is 20.2. The van der Waals surface area contributed by atoms with Crippen molar-refractivity contribution >= 4 is 6.03 Å². The number of urea groups is 1. The molecular formula is C17H22N4O2. The first-order valence-corrected chi connectivity index (χ1v) is 7.67. The van der Waals surface area contributed by atoms with Crippen LogP contribution in [0.25, 0.3) is 0 Å². The van der Waals surface area contributed by atoms with E-state index in [0.29, 0.717) is 18.2 Å². The summed E-state index contributed by atoms with van der Waals surface area (Å²) in [7, 11) is 0. The Morgan fingerprint density at radius 2 is 2.13 bits per heavy atom. The molecule has 0 aliphatic heterocycles. The number of pyridine rings is 2. The highest BCUT2D eigenvalue weighted by Crippen LogP contribution is 2.22. The molecule has 0 radical (unpaired) electrons. The maximum Gasteiger partial charge on any atom is 0.315 e. The summed E-state index contributed by atoms with van der Waals surface area (Å²) in [5.41, 5.74) is 1.72. The van der Waals surface area contributed by atoms with Crippen molar-refractivity contribution in [3.63, 3.8) is 0 Å². The average molecular weight is 314 g/mol. The number of aryl methyl sites for hydroxylation is 1. The molecule has 0 saturated heterocycles. The molecule has 2 heterocycles. The van der Waals surface area contributed by atoms with Gasteiger partial charge in [0.2, 0.25) is 5.88 Å². The topological polar surface area (TPSA) is 76.1 Å². The number of aromatic nitrogens is 2. The molecule has 2 aromatic rings. The molecule has 0 aliphatic rings. The molecular weight excluding hydrogens is 292 g/mol. The largest absolute Gasteiger partial charge is 0.437 e. The van der Waals surface area contributed by atoms with Crippen molar-refractivity contribution in [1.29, 1.82) is 0 Å². The van der Waals surface area contributed by atoms with Crippen molar-refractivity contribution in [2.45, 2.75) is 39.8 Å². The van der Waals surface area contributed by atoms with Gasteiger partial charge in [-0.3, -0.25) is 4.98 Å². The minimum atomic E-state index is -0.203. The predicted octanol–water partition coefficient (Wildman–Crippen LogP) is 3.18. The molecule has 122 valence electrons. The Morgan fingerprint density at radius 3 is 2.83 bits per heavy atom. The van der Waals surface area contributed by atoms with Crippen molar-refractivity contribution in [1.82, 2.24) is 20.6 Å². The second-order valence-corrected chi connectivity index (χ2v) is 5.34. The first-order valence-electron chi connectivity index (χ1n) is 7.67. The van der Waals surface area contributed by atoms with Crippen LogP contribution >= 0.6 is 0 Å². The van der Waals surface area contributed by atoms with Gasteiger partial charge < -0.3 is 15.4 Å². The van der Waals surface area contributed by atoms with E-state index in [2.05, 4.69) is 20.6 Å². The number of rotatable bonds is 6. The molecule has 0 spiro atoms. The lowest BCUT2D eigenvalue weighted by Crippen LogP contribution is -2.40. The van der Waals surface area contributed by atoms with E-state index in [-0.39, 0.29) is 12.1 Å². The summed E-state index contributed by atoms with van der Waals surface area (Å²) < 4.78 is 5.75. The molecule has 0 saturated carbocycles. The van der Waals surface area contributed by atoms with Crippen molar-refractivity contribution in [2.75, 3.05) is 0 Å². The average Bonchev–Trinajstić information content (AvgIpc) is 2.56. The zero-order chi connectivity index (χ0) is 16.7. The molecule has 0 bridgehead atoms. The highest BCUT2D eigenvalue weighted by molar-refractivity contribution is 5.74. The van der Waals surface area contributed by atoms with Crippen LogP contribution in [0.2, 0.25) is 0 Å². The second-order valence-electron chi connectivity index (χ2n) is 5.34. The van der Waals surface area contributed by atoms with E-state index in [9.17, 15) is 4.79 Å². The van der Waals surface area contributed by atoms with Gasteiger partial charge in [-0.2, -0.15) is 0 Å². The summed E-state index contributed by atoms with van der Waals surface area (Å²) in [5, 5.41) is 5.67. The molecule has 2 rings (SSSR count). The number of carbonyl (C=O) groups excluding carboxylic acids is 1. The minimum absolute atomic E-state index is 0.137. The fraction of sp³-hybridized carbons (Fsp3) is 0.353. The Kier molecular flexibility index (Phi) is 5.91. The van der Waals surface area contributed by atoms with Crippen LogP contribution in [0.15, 0.2) is 36.7 Å². The number of amides is 2. The zero-order valence-corrected chi connectivity index (χ0v) is 13.7. The third-order valence-electron chi connectivity index (χ3n) is 3.38. The third-order valence-corrected chi connectivity index (χ3v) is 3.38. The summed E-state index contributed by atoms with van der Waals surface area (Å²) in [6.07, 6.45) is 4.19. The van der Waals surface area contributed by atoms with Gasteiger partial charge in [-0.15, -0.1) is 0 Å². The number of hydrogen-bond donors (Lipinski definition) is 2. The first kappa shape index (κ1) is 16.7. The first-order chi connectivity index (χ1) is 11.1. The van der Waals surface area contributed by atoms with E-state index in [0.717, 1.165) is 17.7 Å². The van der Waals surface area contributed by atoms with E-state index in [1.165, 1.54) is 0 Å². The molecule has 2 aromatic heterocycles. The Labute approximate surface area is 136 Å². The normalized spacial score (nSPS) is 11.6. The number of hydrogen-bond acceptors (Lipinski definition) is 4. The van der Waals surface area contributed by atoms with Crippen LogP contribution in [-0.4, -0.2) is 22.0 Å². The second kappa shape index (κ2) is 8.12. The molecule has 6 heteroatoms. The highest BCUT2D eigenvalue weighted by Gasteiger charge is 2.09. The van der Waals surface area contributed by atoms with Crippen LogP contribution in [-0.2, 0) is 6.54 Å². The van der Waals surface area contributed by atoms with Crippen molar-refractivity contribution in [3.05, 3.63) is 47.9 Å². The van der Waals surface area contributed by atoms with E-state index in [1.54, 1.807) is 12.4 Å². The summed E-state index contributed by atoms with van der Waals surface area (Å²) >= 11 is 0. The summed E-state index contributed by atoms with van der Waals surface area (Å²) in [5.74, 6) is 1.07. The van der Waals surface area contributed by atoms with Gasteiger partial charge in [0.1, 0.15) is 5.75 Å².